The normalized spacial score (nSPS) is 19.8. The molecular weight excluding hydrogens is 288 g/mol. The number of piperidine rings is 1. The zero-order chi connectivity index (χ0) is 16.8. The van der Waals surface area contributed by atoms with E-state index < -0.39 is 5.60 Å². The van der Waals surface area contributed by atoms with Gasteiger partial charge in [-0.05, 0) is 77.2 Å². The third-order valence-electron chi connectivity index (χ3n) is 5.02. The molecule has 2 heterocycles. The molecule has 126 valence electrons. The molecule has 0 radical (unpaired) electrons. The Bertz CT molecular complexity index is 625. The minimum Gasteiger partial charge on any atom is -0.443 e. The van der Waals surface area contributed by atoms with Gasteiger partial charge in [0.25, 0.3) is 0 Å². The van der Waals surface area contributed by atoms with Crippen molar-refractivity contribution in [3.63, 3.8) is 0 Å². The number of hydrogen-bond donors (Lipinski definition) is 1. The highest BCUT2D eigenvalue weighted by Gasteiger charge is 2.47. The third kappa shape index (κ3) is 2.85. The Hall–Kier alpha value is -1.55. The minimum absolute atomic E-state index is 0.0770. The number of fused-ring (bicyclic) bond motifs is 2. The standard InChI is InChI=1S/C19H28N2O2/c1-13-6-7-14(2)16-15(13)19(8-10-20-11-9-19)12-21(16)17(22)23-18(3,4)5/h6-7,20H,8-12H2,1-5H3. The first-order valence-corrected chi connectivity index (χ1v) is 8.55. The Kier molecular flexibility index (Phi) is 3.91. The van der Waals surface area contributed by atoms with Gasteiger partial charge in [-0.25, -0.2) is 4.79 Å². The van der Waals surface area contributed by atoms with E-state index in [1.165, 1.54) is 11.1 Å². The number of nitrogens with one attached hydrogen (secondary N) is 1. The summed E-state index contributed by atoms with van der Waals surface area (Å²) in [7, 11) is 0. The van der Waals surface area contributed by atoms with Crippen molar-refractivity contribution in [3.05, 3.63) is 28.8 Å². The van der Waals surface area contributed by atoms with E-state index in [1.54, 1.807) is 0 Å². The smallest absolute Gasteiger partial charge is 0.414 e. The second-order valence-corrected chi connectivity index (χ2v) is 8.02. The number of nitrogens with zero attached hydrogens (tertiary/aromatic N) is 1. The highest BCUT2D eigenvalue weighted by molar-refractivity contribution is 5.93. The van der Waals surface area contributed by atoms with Crippen LogP contribution in [0.2, 0.25) is 0 Å². The number of amides is 1. The quantitative estimate of drug-likeness (QED) is 0.794. The molecule has 2 aliphatic heterocycles. The molecule has 1 fully saturated rings. The second kappa shape index (κ2) is 5.52. The van der Waals surface area contributed by atoms with Crippen molar-refractivity contribution in [2.45, 2.75) is 58.5 Å². The lowest BCUT2D eigenvalue weighted by molar-refractivity contribution is 0.0575. The summed E-state index contributed by atoms with van der Waals surface area (Å²) in [4.78, 5) is 14.7. The summed E-state index contributed by atoms with van der Waals surface area (Å²) in [6.45, 7) is 12.8. The molecule has 3 rings (SSSR count). The molecule has 23 heavy (non-hydrogen) atoms. The maximum absolute atomic E-state index is 12.8. The maximum Gasteiger partial charge on any atom is 0.414 e. The van der Waals surface area contributed by atoms with E-state index in [2.05, 4.69) is 31.3 Å². The van der Waals surface area contributed by atoms with Crippen LogP contribution >= 0.6 is 0 Å². The van der Waals surface area contributed by atoms with Crippen LogP contribution in [0.25, 0.3) is 0 Å². The number of carbonyl (C=O) groups is 1. The van der Waals surface area contributed by atoms with Gasteiger partial charge in [-0.2, -0.15) is 0 Å². The molecule has 1 spiro atoms. The predicted octanol–water partition coefficient (Wildman–Crippen LogP) is 3.68. The number of aryl methyl sites for hydroxylation is 2. The lowest BCUT2D eigenvalue weighted by Gasteiger charge is -2.35. The Balaban J connectivity index is 2.06. The van der Waals surface area contributed by atoms with Gasteiger partial charge in [-0.15, -0.1) is 0 Å². The molecule has 1 aromatic rings. The highest BCUT2D eigenvalue weighted by Crippen LogP contribution is 2.49. The fraction of sp³-hybridized carbons (Fsp3) is 0.632. The molecule has 2 aliphatic rings. The number of ether oxygens (including phenoxy) is 1. The summed E-state index contributed by atoms with van der Waals surface area (Å²) in [5.74, 6) is 0. The largest absolute Gasteiger partial charge is 0.443 e. The van der Waals surface area contributed by atoms with Crippen LogP contribution in [0.4, 0.5) is 10.5 Å². The van der Waals surface area contributed by atoms with Gasteiger partial charge in [0.15, 0.2) is 0 Å². The summed E-state index contributed by atoms with van der Waals surface area (Å²) in [5, 5.41) is 3.45. The van der Waals surface area contributed by atoms with E-state index in [-0.39, 0.29) is 11.5 Å². The first-order chi connectivity index (χ1) is 10.7. The average molecular weight is 316 g/mol. The van der Waals surface area contributed by atoms with E-state index >= 15 is 0 Å². The number of anilines is 1. The first kappa shape index (κ1) is 16.3. The number of carbonyl (C=O) groups excluding carboxylic acids is 1. The van der Waals surface area contributed by atoms with Crippen LogP contribution in [0.15, 0.2) is 12.1 Å². The molecule has 1 amide bonds. The molecule has 4 heteroatoms. The second-order valence-electron chi connectivity index (χ2n) is 8.02. The van der Waals surface area contributed by atoms with Crippen LogP contribution in [0.1, 0.15) is 50.3 Å². The molecule has 0 aliphatic carbocycles. The van der Waals surface area contributed by atoms with Crippen molar-refractivity contribution in [2.75, 3.05) is 24.5 Å². The summed E-state index contributed by atoms with van der Waals surface area (Å²) in [5.41, 5.74) is 4.50. The van der Waals surface area contributed by atoms with Gasteiger partial charge in [0.05, 0.1) is 5.69 Å². The van der Waals surface area contributed by atoms with Crippen LogP contribution in [0.3, 0.4) is 0 Å². The van der Waals surface area contributed by atoms with E-state index in [9.17, 15) is 4.79 Å². The van der Waals surface area contributed by atoms with Crippen molar-refractivity contribution in [2.24, 2.45) is 0 Å². The van der Waals surface area contributed by atoms with E-state index in [0.717, 1.165) is 43.7 Å². The fourth-order valence-electron chi connectivity index (χ4n) is 4.06. The SMILES string of the molecule is Cc1ccc(C)c2c1N(C(=O)OC(C)(C)C)CC21CCNCC1. The van der Waals surface area contributed by atoms with Gasteiger partial charge >= 0.3 is 6.09 Å². The molecular formula is C19H28N2O2. The Labute approximate surface area is 139 Å². The Morgan fingerprint density at radius 3 is 2.39 bits per heavy atom. The van der Waals surface area contributed by atoms with Crippen molar-refractivity contribution in [3.8, 4) is 0 Å². The third-order valence-corrected chi connectivity index (χ3v) is 5.02. The Morgan fingerprint density at radius 1 is 1.17 bits per heavy atom. The zero-order valence-electron chi connectivity index (χ0n) is 15.0. The van der Waals surface area contributed by atoms with Crippen molar-refractivity contribution in [1.82, 2.24) is 5.32 Å². The van der Waals surface area contributed by atoms with Crippen molar-refractivity contribution in [1.29, 1.82) is 0 Å². The molecule has 0 aromatic heterocycles. The van der Waals surface area contributed by atoms with Gasteiger partial charge in [-0.1, -0.05) is 12.1 Å². The van der Waals surface area contributed by atoms with Gasteiger partial charge in [0, 0.05) is 12.0 Å². The molecule has 0 bridgehead atoms. The zero-order valence-corrected chi connectivity index (χ0v) is 15.0. The average Bonchev–Trinajstić information content (AvgIpc) is 2.78. The topological polar surface area (TPSA) is 41.6 Å². The molecule has 1 N–H and O–H groups in total. The van der Waals surface area contributed by atoms with Gasteiger partial charge in [-0.3, -0.25) is 4.90 Å². The summed E-state index contributed by atoms with van der Waals surface area (Å²) in [6, 6.07) is 4.31. The monoisotopic (exact) mass is 316 g/mol. The summed E-state index contributed by atoms with van der Waals surface area (Å²) in [6.07, 6.45) is 1.93. The number of rotatable bonds is 0. The Morgan fingerprint density at radius 2 is 1.78 bits per heavy atom. The predicted molar refractivity (Wildman–Crippen MR) is 93.3 cm³/mol. The van der Waals surface area contributed by atoms with Gasteiger partial charge in [0.1, 0.15) is 5.60 Å². The lowest BCUT2D eigenvalue weighted by Crippen LogP contribution is -2.45. The van der Waals surface area contributed by atoms with Crippen LogP contribution in [-0.2, 0) is 10.2 Å². The minimum atomic E-state index is -0.473. The lowest BCUT2D eigenvalue weighted by atomic mass is 9.73. The van der Waals surface area contributed by atoms with E-state index in [4.69, 9.17) is 4.74 Å². The molecule has 0 atom stereocenters. The van der Waals surface area contributed by atoms with E-state index in [1.807, 2.05) is 25.7 Å². The highest BCUT2D eigenvalue weighted by atomic mass is 16.6. The van der Waals surface area contributed by atoms with Gasteiger partial charge in [0.2, 0.25) is 0 Å². The van der Waals surface area contributed by atoms with Crippen LogP contribution in [-0.4, -0.2) is 31.3 Å². The van der Waals surface area contributed by atoms with Crippen LogP contribution in [0, 0.1) is 13.8 Å². The van der Waals surface area contributed by atoms with Crippen molar-refractivity contribution < 1.29 is 9.53 Å². The summed E-state index contributed by atoms with van der Waals surface area (Å²) >= 11 is 0. The maximum atomic E-state index is 12.8. The molecule has 1 aromatic carbocycles. The molecule has 4 nitrogen and oxygen atoms in total. The van der Waals surface area contributed by atoms with Crippen molar-refractivity contribution >= 4 is 11.8 Å². The molecule has 0 saturated carbocycles. The van der Waals surface area contributed by atoms with Gasteiger partial charge < -0.3 is 10.1 Å². The number of hydrogen-bond acceptors (Lipinski definition) is 3. The van der Waals surface area contributed by atoms with Crippen LogP contribution < -0.4 is 10.2 Å². The summed E-state index contributed by atoms with van der Waals surface area (Å²) < 4.78 is 5.68. The fourth-order valence-corrected chi connectivity index (χ4v) is 4.06. The van der Waals surface area contributed by atoms with E-state index in [0.29, 0.717) is 0 Å². The number of benzene rings is 1. The molecule has 1 saturated heterocycles. The first-order valence-electron chi connectivity index (χ1n) is 8.55. The molecule has 0 unspecified atom stereocenters. The van der Waals surface area contributed by atoms with Crippen LogP contribution in [0.5, 0.6) is 0 Å².